The molecule has 22 heavy (non-hydrogen) atoms. The monoisotopic (exact) mass is 335 g/mol. The molecule has 8 heteroatoms. The number of carbonyl (C=O) groups is 1. The zero-order valence-electron chi connectivity index (χ0n) is 12.1. The van der Waals surface area contributed by atoms with Gasteiger partial charge in [0.15, 0.2) is 5.13 Å². The minimum atomic E-state index is -1.14. The fourth-order valence-electron chi connectivity index (χ4n) is 2.26. The van der Waals surface area contributed by atoms with Gasteiger partial charge in [-0.1, -0.05) is 11.3 Å². The molecule has 6 nitrogen and oxygen atoms in total. The molecule has 0 aliphatic heterocycles. The Kier molecular flexibility index (Phi) is 3.71. The molecule has 114 valence electrons. The Labute approximate surface area is 134 Å². The lowest BCUT2D eigenvalue weighted by atomic mass is 10.1. The van der Waals surface area contributed by atoms with Crippen LogP contribution in [-0.4, -0.2) is 28.3 Å². The van der Waals surface area contributed by atoms with Gasteiger partial charge in [0.25, 0.3) is 0 Å². The summed E-state index contributed by atoms with van der Waals surface area (Å²) in [5.41, 5.74) is 2.48. The molecule has 0 saturated heterocycles. The Balaban J connectivity index is 2.25. The Morgan fingerprint density at radius 2 is 2.05 bits per heavy atom. The number of hydrogen-bond acceptors (Lipinski definition) is 6. The number of anilines is 1. The molecule has 2 N–H and O–H groups in total. The fourth-order valence-corrected chi connectivity index (χ4v) is 4.08. The van der Waals surface area contributed by atoms with E-state index in [0.29, 0.717) is 16.4 Å². The molecular weight excluding hydrogens is 322 g/mol. The number of carboxylic acid groups (broad SMARTS) is 1. The quantitative estimate of drug-likeness (QED) is 0.751. The maximum absolute atomic E-state index is 10.8. The Bertz CT molecular complexity index is 870. The van der Waals surface area contributed by atoms with Gasteiger partial charge in [-0.3, -0.25) is 5.32 Å². The third-order valence-electron chi connectivity index (χ3n) is 3.10. The van der Waals surface area contributed by atoms with Crippen molar-refractivity contribution in [3.63, 3.8) is 0 Å². The molecule has 1 amide bonds. The van der Waals surface area contributed by atoms with Crippen molar-refractivity contribution in [1.82, 2.24) is 9.97 Å². The van der Waals surface area contributed by atoms with Crippen molar-refractivity contribution in [2.45, 2.75) is 13.8 Å². The van der Waals surface area contributed by atoms with Crippen LogP contribution in [0.2, 0.25) is 0 Å². The first-order valence-electron chi connectivity index (χ1n) is 6.41. The van der Waals surface area contributed by atoms with Crippen LogP contribution in [0.1, 0.15) is 9.88 Å². The molecule has 0 unspecified atom stereocenters. The summed E-state index contributed by atoms with van der Waals surface area (Å²) in [5.74, 6) is 0.609. The van der Waals surface area contributed by atoms with E-state index in [0.717, 1.165) is 25.8 Å². The van der Waals surface area contributed by atoms with Crippen molar-refractivity contribution in [2.24, 2.45) is 0 Å². The van der Waals surface area contributed by atoms with Crippen molar-refractivity contribution in [3.05, 3.63) is 22.0 Å². The first-order valence-corrected chi connectivity index (χ1v) is 8.04. The van der Waals surface area contributed by atoms with Crippen molar-refractivity contribution < 1.29 is 14.6 Å². The van der Waals surface area contributed by atoms with E-state index in [1.807, 2.05) is 26.0 Å². The van der Waals surface area contributed by atoms with E-state index in [4.69, 9.17) is 9.84 Å². The van der Waals surface area contributed by atoms with Gasteiger partial charge >= 0.3 is 6.09 Å². The molecule has 2 heterocycles. The third-order valence-corrected chi connectivity index (χ3v) is 4.99. The zero-order chi connectivity index (χ0) is 15.9. The molecule has 0 atom stereocenters. The van der Waals surface area contributed by atoms with Gasteiger partial charge in [0.1, 0.15) is 11.3 Å². The number of amides is 1. The lowest BCUT2D eigenvalue weighted by Crippen LogP contribution is -2.06. The number of methoxy groups -OCH3 is 1. The van der Waals surface area contributed by atoms with Gasteiger partial charge in [0.2, 0.25) is 0 Å². The van der Waals surface area contributed by atoms with E-state index in [1.54, 1.807) is 18.4 Å². The second kappa shape index (κ2) is 5.54. The second-order valence-corrected chi connectivity index (χ2v) is 6.99. The van der Waals surface area contributed by atoms with Gasteiger partial charge < -0.3 is 9.84 Å². The summed E-state index contributed by atoms with van der Waals surface area (Å²) >= 11 is 2.91. The number of nitrogens with one attached hydrogen (secondary N) is 1. The molecule has 0 fully saturated rings. The van der Waals surface area contributed by atoms with E-state index in [9.17, 15) is 4.79 Å². The van der Waals surface area contributed by atoms with Gasteiger partial charge in [0, 0.05) is 10.4 Å². The highest BCUT2D eigenvalue weighted by molar-refractivity contribution is 7.23. The summed E-state index contributed by atoms with van der Waals surface area (Å²) in [5, 5.41) is 12.5. The average Bonchev–Trinajstić information content (AvgIpc) is 3.00. The van der Waals surface area contributed by atoms with Crippen molar-refractivity contribution in [1.29, 1.82) is 0 Å². The van der Waals surface area contributed by atoms with Gasteiger partial charge in [-0.15, -0.1) is 11.3 Å². The summed E-state index contributed by atoms with van der Waals surface area (Å²) < 4.78 is 6.18. The number of nitrogens with zero attached hydrogens (tertiary/aromatic N) is 2. The van der Waals surface area contributed by atoms with E-state index < -0.39 is 6.09 Å². The van der Waals surface area contributed by atoms with Crippen molar-refractivity contribution in [3.8, 4) is 17.0 Å². The summed E-state index contributed by atoms with van der Waals surface area (Å²) in [7, 11) is 1.57. The highest BCUT2D eigenvalue weighted by Crippen LogP contribution is 2.41. The SMILES string of the molecule is COc1ccc(-c2nc(C)sc2C)c2sc(NC(=O)O)nc12. The topological polar surface area (TPSA) is 84.3 Å². The third kappa shape index (κ3) is 2.51. The van der Waals surface area contributed by atoms with Gasteiger partial charge in [-0.2, -0.15) is 0 Å². The minimum Gasteiger partial charge on any atom is -0.494 e. The predicted octanol–water partition coefficient (Wildman–Crippen LogP) is 4.14. The van der Waals surface area contributed by atoms with Crippen LogP contribution in [-0.2, 0) is 0 Å². The number of aryl methyl sites for hydroxylation is 2. The van der Waals surface area contributed by atoms with E-state index >= 15 is 0 Å². The summed E-state index contributed by atoms with van der Waals surface area (Å²) in [4.78, 5) is 20.8. The lowest BCUT2D eigenvalue weighted by molar-refractivity contribution is 0.209. The maximum atomic E-state index is 10.8. The van der Waals surface area contributed by atoms with Crippen LogP contribution >= 0.6 is 22.7 Å². The highest BCUT2D eigenvalue weighted by atomic mass is 32.1. The predicted molar refractivity (Wildman–Crippen MR) is 88.4 cm³/mol. The highest BCUT2D eigenvalue weighted by Gasteiger charge is 2.18. The van der Waals surface area contributed by atoms with Crippen LogP contribution in [0.4, 0.5) is 9.93 Å². The van der Waals surface area contributed by atoms with Crippen LogP contribution in [0.15, 0.2) is 12.1 Å². The molecular formula is C14H13N3O3S2. The molecule has 0 radical (unpaired) electrons. The number of rotatable bonds is 3. The molecule has 0 aliphatic rings. The molecule has 0 aliphatic carbocycles. The van der Waals surface area contributed by atoms with Gasteiger partial charge in [-0.05, 0) is 26.0 Å². The molecule has 0 bridgehead atoms. The molecule has 1 aromatic carbocycles. The lowest BCUT2D eigenvalue weighted by Gasteiger charge is -2.04. The number of thiazole rings is 2. The number of benzene rings is 1. The zero-order valence-corrected chi connectivity index (χ0v) is 13.8. The smallest absolute Gasteiger partial charge is 0.410 e. The van der Waals surface area contributed by atoms with Crippen LogP contribution in [0.3, 0.4) is 0 Å². The van der Waals surface area contributed by atoms with Crippen LogP contribution in [0.25, 0.3) is 21.5 Å². The molecule has 0 spiro atoms. The Morgan fingerprint density at radius 1 is 1.27 bits per heavy atom. The number of fused-ring (bicyclic) bond motifs is 1. The summed E-state index contributed by atoms with van der Waals surface area (Å²) in [6, 6.07) is 3.77. The average molecular weight is 335 g/mol. The van der Waals surface area contributed by atoms with Crippen molar-refractivity contribution in [2.75, 3.05) is 12.4 Å². The number of hydrogen-bond donors (Lipinski definition) is 2. The number of ether oxygens (including phenoxy) is 1. The summed E-state index contributed by atoms with van der Waals surface area (Å²) in [6.45, 7) is 3.99. The maximum Gasteiger partial charge on any atom is 0.410 e. The first-order chi connectivity index (χ1) is 10.5. The second-order valence-electron chi connectivity index (χ2n) is 4.58. The van der Waals surface area contributed by atoms with Crippen LogP contribution in [0.5, 0.6) is 5.75 Å². The van der Waals surface area contributed by atoms with Crippen LogP contribution in [0, 0.1) is 13.8 Å². The summed E-state index contributed by atoms with van der Waals surface area (Å²) in [6.07, 6.45) is -1.14. The minimum absolute atomic E-state index is 0.317. The van der Waals surface area contributed by atoms with Crippen molar-refractivity contribution >= 4 is 44.1 Å². The van der Waals surface area contributed by atoms with E-state index in [1.165, 1.54) is 11.3 Å². The normalized spacial score (nSPS) is 10.9. The molecule has 3 rings (SSSR count). The largest absolute Gasteiger partial charge is 0.494 e. The standard InChI is InChI=1S/C14H13N3O3S2/c1-6-10(15-7(2)21-6)8-4-5-9(20-3)11-12(8)22-13(16-11)17-14(18)19/h4-5H,1-3H3,(H,16,17)(H,18,19). The first kappa shape index (κ1) is 14.7. The van der Waals surface area contributed by atoms with E-state index in [-0.39, 0.29) is 0 Å². The number of aromatic nitrogens is 2. The van der Waals surface area contributed by atoms with Gasteiger partial charge in [-0.25, -0.2) is 14.8 Å². The van der Waals surface area contributed by atoms with Crippen LogP contribution < -0.4 is 10.1 Å². The fraction of sp³-hybridized carbons (Fsp3) is 0.214. The Morgan fingerprint density at radius 3 is 2.64 bits per heavy atom. The van der Waals surface area contributed by atoms with E-state index in [2.05, 4.69) is 15.3 Å². The molecule has 2 aromatic heterocycles. The Hall–Kier alpha value is -2.19. The molecule has 3 aromatic rings. The molecule has 0 saturated carbocycles. The van der Waals surface area contributed by atoms with Gasteiger partial charge in [0.05, 0.1) is 22.5 Å².